The molecule has 0 amide bonds. The zero-order valence-corrected chi connectivity index (χ0v) is 5.02. The number of hydrogen-bond acceptors (Lipinski definition) is 3. The highest BCUT2D eigenvalue weighted by molar-refractivity contribution is 8.04. The maximum atomic E-state index is 10.00. The Hall–Kier alpha value is -0.570. The second-order valence-corrected chi connectivity index (χ2v) is 2.39. The summed E-state index contributed by atoms with van der Waals surface area (Å²) in [4.78, 5) is 14.5. The predicted octanol–water partition coefficient (Wildman–Crippen LogP) is 0.844. The van der Waals surface area contributed by atoms with Crippen LogP contribution in [-0.4, -0.2) is 18.3 Å². The summed E-state index contributed by atoms with van der Waals surface area (Å²) in [5, 5.41) is 0. The van der Waals surface area contributed by atoms with Gasteiger partial charge in [0.1, 0.15) is 0 Å². The van der Waals surface area contributed by atoms with Crippen molar-refractivity contribution in [3.8, 4) is 0 Å². The van der Waals surface area contributed by atoms with Gasteiger partial charge < -0.3 is 0 Å². The Morgan fingerprint density at radius 3 is 3.12 bits per heavy atom. The van der Waals surface area contributed by atoms with Crippen LogP contribution in [0, 0.1) is 0 Å². The molecule has 3 heteroatoms. The molecule has 0 bridgehead atoms. The van der Waals surface area contributed by atoms with Crippen molar-refractivity contribution in [2.45, 2.75) is 0 Å². The summed E-state index contributed by atoms with van der Waals surface area (Å²) < 4.78 is 0. The molecular weight excluding hydrogens is 122 g/mol. The van der Waals surface area contributed by atoms with Gasteiger partial charge in [0, 0.05) is 18.2 Å². The summed E-state index contributed by atoms with van der Waals surface area (Å²) in [6, 6.07) is 0. The first-order chi connectivity index (χ1) is 3.93. The lowest BCUT2D eigenvalue weighted by molar-refractivity contribution is -0.104. The zero-order chi connectivity index (χ0) is 5.82. The highest BCUT2D eigenvalue weighted by Gasteiger charge is 1.95. The van der Waals surface area contributed by atoms with E-state index in [9.17, 15) is 4.79 Å². The Morgan fingerprint density at radius 1 is 1.88 bits per heavy atom. The van der Waals surface area contributed by atoms with Gasteiger partial charge in [0.25, 0.3) is 0 Å². The van der Waals surface area contributed by atoms with Gasteiger partial charge in [-0.05, 0) is 0 Å². The molecule has 0 aromatic rings. The SMILES string of the molecule is O=CC1=CN=CCS1. The molecule has 1 heterocycles. The van der Waals surface area contributed by atoms with E-state index in [1.54, 1.807) is 12.4 Å². The third kappa shape index (κ3) is 1.20. The van der Waals surface area contributed by atoms with E-state index < -0.39 is 0 Å². The maximum Gasteiger partial charge on any atom is 0.157 e. The summed E-state index contributed by atoms with van der Waals surface area (Å²) in [6.45, 7) is 0. The lowest BCUT2D eigenvalue weighted by Crippen LogP contribution is -1.88. The maximum absolute atomic E-state index is 10.00. The van der Waals surface area contributed by atoms with E-state index in [1.807, 2.05) is 0 Å². The summed E-state index contributed by atoms with van der Waals surface area (Å²) in [7, 11) is 0. The Bertz CT molecular complexity index is 151. The smallest absolute Gasteiger partial charge is 0.157 e. The number of aldehydes is 1. The van der Waals surface area contributed by atoms with Crippen molar-refractivity contribution >= 4 is 24.3 Å². The van der Waals surface area contributed by atoms with Crippen molar-refractivity contribution in [3.05, 3.63) is 11.1 Å². The van der Waals surface area contributed by atoms with Crippen molar-refractivity contribution in [2.75, 3.05) is 5.75 Å². The summed E-state index contributed by atoms with van der Waals surface area (Å²) in [6.07, 6.45) is 4.17. The average molecular weight is 127 g/mol. The standard InChI is InChI=1S/C5H5NOS/c7-4-5-3-6-1-2-8-5/h1,3-4H,2H2. The molecule has 0 saturated heterocycles. The van der Waals surface area contributed by atoms with Gasteiger partial charge in [-0.15, -0.1) is 11.8 Å². The summed E-state index contributed by atoms with van der Waals surface area (Å²) in [5.74, 6) is 0.824. The van der Waals surface area contributed by atoms with E-state index in [0.29, 0.717) is 4.91 Å². The van der Waals surface area contributed by atoms with Crippen LogP contribution in [0.2, 0.25) is 0 Å². The molecule has 0 aromatic carbocycles. The van der Waals surface area contributed by atoms with Crippen molar-refractivity contribution in [2.24, 2.45) is 4.99 Å². The van der Waals surface area contributed by atoms with Crippen LogP contribution >= 0.6 is 11.8 Å². The first kappa shape index (κ1) is 5.56. The van der Waals surface area contributed by atoms with E-state index in [4.69, 9.17) is 0 Å². The Morgan fingerprint density at radius 2 is 2.75 bits per heavy atom. The highest BCUT2D eigenvalue weighted by Crippen LogP contribution is 2.14. The molecule has 0 aliphatic carbocycles. The van der Waals surface area contributed by atoms with Gasteiger partial charge in [-0.25, -0.2) is 0 Å². The van der Waals surface area contributed by atoms with Crippen molar-refractivity contribution in [3.63, 3.8) is 0 Å². The van der Waals surface area contributed by atoms with E-state index in [-0.39, 0.29) is 0 Å². The van der Waals surface area contributed by atoms with Crippen LogP contribution in [0.15, 0.2) is 16.1 Å². The molecule has 1 rings (SSSR count). The van der Waals surface area contributed by atoms with Crippen molar-refractivity contribution in [1.29, 1.82) is 0 Å². The number of rotatable bonds is 1. The highest BCUT2D eigenvalue weighted by atomic mass is 32.2. The number of carbonyl (C=O) groups is 1. The van der Waals surface area contributed by atoms with Gasteiger partial charge in [0.05, 0.1) is 4.91 Å². The van der Waals surface area contributed by atoms with Crippen molar-refractivity contribution < 1.29 is 4.79 Å². The second kappa shape index (κ2) is 2.67. The molecule has 1 aliphatic rings. The molecule has 0 aromatic heterocycles. The Kier molecular flexibility index (Phi) is 1.86. The minimum Gasteiger partial charge on any atom is -0.297 e. The largest absolute Gasteiger partial charge is 0.297 e. The van der Waals surface area contributed by atoms with Crippen LogP contribution in [0.25, 0.3) is 0 Å². The number of allylic oxidation sites excluding steroid dienone is 1. The van der Waals surface area contributed by atoms with Crippen LogP contribution in [0.4, 0.5) is 0 Å². The van der Waals surface area contributed by atoms with Crippen LogP contribution < -0.4 is 0 Å². The fourth-order valence-corrected chi connectivity index (χ4v) is 0.961. The second-order valence-electron chi connectivity index (χ2n) is 1.29. The summed E-state index contributed by atoms with van der Waals surface area (Å²) in [5.41, 5.74) is 0. The van der Waals surface area contributed by atoms with Gasteiger partial charge in [-0.1, -0.05) is 0 Å². The van der Waals surface area contributed by atoms with E-state index in [2.05, 4.69) is 4.99 Å². The number of thioether (sulfide) groups is 1. The van der Waals surface area contributed by atoms with Crippen LogP contribution in [-0.2, 0) is 4.79 Å². The molecule has 1 aliphatic heterocycles. The molecule has 2 nitrogen and oxygen atoms in total. The number of aliphatic imine (C=N–C) groups is 1. The minimum absolute atomic E-state index is 0.715. The van der Waals surface area contributed by atoms with E-state index in [0.717, 1.165) is 12.0 Å². The predicted molar refractivity (Wildman–Crippen MR) is 35.1 cm³/mol. The molecule has 0 unspecified atom stereocenters. The third-order valence-corrected chi connectivity index (χ3v) is 1.60. The van der Waals surface area contributed by atoms with Gasteiger partial charge in [0.2, 0.25) is 0 Å². The van der Waals surface area contributed by atoms with Gasteiger partial charge in [-0.2, -0.15) is 0 Å². The number of carbonyl (C=O) groups excluding carboxylic acids is 1. The fraction of sp³-hybridized carbons (Fsp3) is 0.200. The summed E-state index contributed by atoms with van der Waals surface area (Å²) >= 11 is 1.51. The third-order valence-electron chi connectivity index (χ3n) is 0.748. The molecule has 0 spiro atoms. The Balaban J connectivity index is 2.63. The minimum atomic E-state index is 0.715. The lowest BCUT2D eigenvalue weighted by Gasteiger charge is -1.96. The monoisotopic (exact) mass is 127 g/mol. The van der Waals surface area contributed by atoms with Crippen molar-refractivity contribution in [1.82, 2.24) is 0 Å². The van der Waals surface area contributed by atoms with E-state index in [1.165, 1.54) is 11.8 Å². The molecule has 0 radical (unpaired) electrons. The molecule has 8 heavy (non-hydrogen) atoms. The first-order valence-electron chi connectivity index (χ1n) is 2.23. The average Bonchev–Trinajstić information content (AvgIpc) is 1.90. The van der Waals surface area contributed by atoms with Crippen LogP contribution in [0.3, 0.4) is 0 Å². The molecule has 0 atom stereocenters. The quantitative estimate of drug-likeness (QED) is 0.488. The zero-order valence-electron chi connectivity index (χ0n) is 4.20. The van der Waals surface area contributed by atoms with Crippen LogP contribution in [0.1, 0.15) is 0 Å². The van der Waals surface area contributed by atoms with Gasteiger partial charge in [-0.3, -0.25) is 9.79 Å². The molecule has 42 valence electrons. The number of nitrogens with zero attached hydrogens (tertiary/aromatic N) is 1. The van der Waals surface area contributed by atoms with Gasteiger partial charge >= 0.3 is 0 Å². The lowest BCUT2D eigenvalue weighted by atomic mass is 10.6. The van der Waals surface area contributed by atoms with Crippen LogP contribution in [0.5, 0.6) is 0 Å². The normalized spacial score (nSPS) is 17.8. The molecule has 0 N–H and O–H groups in total. The van der Waals surface area contributed by atoms with Gasteiger partial charge in [0.15, 0.2) is 6.29 Å². The topological polar surface area (TPSA) is 29.4 Å². The molecule has 0 fully saturated rings. The molecule has 0 saturated carbocycles. The Labute approximate surface area is 51.7 Å². The van der Waals surface area contributed by atoms with E-state index >= 15 is 0 Å². The fourth-order valence-electron chi connectivity index (χ4n) is 0.404. The first-order valence-corrected chi connectivity index (χ1v) is 3.22. The number of hydrogen-bond donors (Lipinski definition) is 0. The molecular formula is C5H5NOS.